The van der Waals surface area contributed by atoms with E-state index in [1.165, 1.54) is 17.0 Å². The molecule has 1 aliphatic carbocycles. The highest BCUT2D eigenvalue weighted by molar-refractivity contribution is 6.32. The summed E-state index contributed by atoms with van der Waals surface area (Å²) in [5, 5.41) is 15.2. The standard InChI is InChI=1S/C19H19ClN4O5/c1-10-16-13(5-4-6-15(16)29-17(10)19(26)23(2)3)21-22-18(25)11-7-8-12(20)14(9-11)24(27)28/h7-9H,4-6H2,1-3H3,(H,22,25)/b21-13+. The Morgan fingerprint density at radius 1 is 1.31 bits per heavy atom. The summed E-state index contributed by atoms with van der Waals surface area (Å²) in [6.07, 6.45) is 2.04. The Morgan fingerprint density at radius 2 is 2.03 bits per heavy atom. The quantitative estimate of drug-likeness (QED) is 0.603. The molecule has 1 N–H and O–H groups in total. The van der Waals surface area contributed by atoms with E-state index in [1.807, 2.05) is 0 Å². The van der Waals surface area contributed by atoms with Crippen molar-refractivity contribution in [3.05, 3.63) is 61.5 Å². The van der Waals surface area contributed by atoms with Gasteiger partial charge in [-0.25, -0.2) is 5.43 Å². The number of carbonyl (C=O) groups is 2. The van der Waals surface area contributed by atoms with Gasteiger partial charge in [0.2, 0.25) is 0 Å². The average molecular weight is 419 g/mol. The number of nitro groups is 1. The van der Waals surface area contributed by atoms with Crippen LogP contribution in [0.4, 0.5) is 5.69 Å². The molecule has 1 heterocycles. The second-order valence-electron chi connectivity index (χ2n) is 6.83. The second kappa shape index (κ2) is 8.04. The zero-order valence-electron chi connectivity index (χ0n) is 16.1. The maximum Gasteiger partial charge on any atom is 0.289 e. The molecule has 0 unspecified atom stereocenters. The van der Waals surface area contributed by atoms with Crippen molar-refractivity contribution >= 4 is 34.8 Å². The number of rotatable bonds is 4. The van der Waals surface area contributed by atoms with E-state index in [9.17, 15) is 19.7 Å². The number of nitro benzene ring substituents is 1. The van der Waals surface area contributed by atoms with Crippen LogP contribution in [0, 0.1) is 17.0 Å². The topological polar surface area (TPSA) is 118 Å². The van der Waals surface area contributed by atoms with E-state index in [2.05, 4.69) is 10.5 Å². The number of amides is 2. The molecule has 0 saturated carbocycles. The molecule has 0 atom stereocenters. The maximum atomic E-state index is 12.4. The summed E-state index contributed by atoms with van der Waals surface area (Å²) in [5.74, 6) is 0.0761. The van der Waals surface area contributed by atoms with Crippen LogP contribution in [0.15, 0.2) is 27.7 Å². The van der Waals surface area contributed by atoms with Gasteiger partial charge in [-0.05, 0) is 31.9 Å². The lowest BCUT2D eigenvalue weighted by molar-refractivity contribution is -0.384. The maximum absolute atomic E-state index is 12.4. The van der Waals surface area contributed by atoms with Crippen molar-refractivity contribution in [3.8, 4) is 0 Å². The van der Waals surface area contributed by atoms with Crippen molar-refractivity contribution in [2.45, 2.75) is 26.2 Å². The number of hydrogen-bond acceptors (Lipinski definition) is 6. The first-order valence-corrected chi connectivity index (χ1v) is 9.23. The summed E-state index contributed by atoms with van der Waals surface area (Å²) >= 11 is 5.78. The molecule has 9 nitrogen and oxygen atoms in total. The van der Waals surface area contributed by atoms with Crippen molar-refractivity contribution in [2.75, 3.05) is 14.1 Å². The Balaban J connectivity index is 1.88. The summed E-state index contributed by atoms with van der Waals surface area (Å²) in [5.41, 5.74) is 4.14. The Morgan fingerprint density at radius 3 is 2.69 bits per heavy atom. The molecule has 0 aliphatic heterocycles. The van der Waals surface area contributed by atoms with E-state index < -0.39 is 10.8 Å². The van der Waals surface area contributed by atoms with Gasteiger partial charge in [0.1, 0.15) is 10.8 Å². The number of benzene rings is 1. The molecule has 0 fully saturated rings. The lowest BCUT2D eigenvalue weighted by atomic mass is 9.93. The van der Waals surface area contributed by atoms with Crippen molar-refractivity contribution in [1.29, 1.82) is 0 Å². The fourth-order valence-electron chi connectivity index (χ4n) is 3.16. The lowest BCUT2D eigenvalue weighted by Gasteiger charge is -2.13. The summed E-state index contributed by atoms with van der Waals surface area (Å²) < 4.78 is 5.76. The van der Waals surface area contributed by atoms with Crippen molar-refractivity contribution in [1.82, 2.24) is 10.3 Å². The monoisotopic (exact) mass is 418 g/mol. The Labute approximate surface area is 171 Å². The molecule has 29 heavy (non-hydrogen) atoms. The van der Waals surface area contributed by atoms with Gasteiger partial charge in [0.15, 0.2) is 5.76 Å². The number of fused-ring (bicyclic) bond motifs is 1. The van der Waals surface area contributed by atoms with Gasteiger partial charge in [0.05, 0.1) is 10.6 Å². The SMILES string of the molecule is Cc1c(C(=O)N(C)C)oc2c1/C(=N/NC(=O)c1ccc(Cl)c([N+](=O)[O-])c1)CCC2. The van der Waals surface area contributed by atoms with Gasteiger partial charge < -0.3 is 9.32 Å². The lowest BCUT2D eigenvalue weighted by Crippen LogP contribution is -2.23. The predicted molar refractivity (Wildman–Crippen MR) is 107 cm³/mol. The molecule has 152 valence electrons. The van der Waals surface area contributed by atoms with Crippen LogP contribution in [0.2, 0.25) is 5.02 Å². The summed E-state index contributed by atoms with van der Waals surface area (Å²) in [4.78, 5) is 36.5. The van der Waals surface area contributed by atoms with E-state index in [4.69, 9.17) is 16.0 Å². The molecule has 3 rings (SSSR count). The fraction of sp³-hybridized carbons (Fsp3) is 0.316. The summed E-state index contributed by atoms with van der Waals surface area (Å²) in [7, 11) is 3.29. The van der Waals surface area contributed by atoms with E-state index in [1.54, 1.807) is 21.0 Å². The van der Waals surface area contributed by atoms with Gasteiger partial charge in [-0.1, -0.05) is 11.6 Å². The molecule has 1 aliphatic rings. The predicted octanol–water partition coefficient (Wildman–Crippen LogP) is 3.32. The Bertz CT molecular complexity index is 1040. The minimum Gasteiger partial charge on any atom is -0.455 e. The first-order valence-electron chi connectivity index (χ1n) is 8.85. The van der Waals surface area contributed by atoms with Crippen LogP contribution in [0.1, 0.15) is 50.6 Å². The van der Waals surface area contributed by atoms with Crippen LogP contribution in [-0.2, 0) is 6.42 Å². The van der Waals surface area contributed by atoms with E-state index in [0.717, 1.165) is 18.1 Å². The first kappa shape index (κ1) is 20.5. The fourth-order valence-corrected chi connectivity index (χ4v) is 3.35. The van der Waals surface area contributed by atoms with Crippen LogP contribution in [-0.4, -0.2) is 41.4 Å². The molecule has 0 radical (unpaired) electrons. The summed E-state index contributed by atoms with van der Waals surface area (Å²) in [6.45, 7) is 1.78. The van der Waals surface area contributed by atoms with Crippen LogP contribution in [0.3, 0.4) is 0 Å². The van der Waals surface area contributed by atoms with Crippen LogP contribution in [0.5, 0.6) is 0 Å². The molecule has 0 spiro atoms. The van der Waals surface area contributed by atoms with Gasteiger partial charge in [-0.15, -0.1) is 0 Å². The van der Waals surface area contributed by atoms with Gasteiger partial charge in [0.25, 0.3) is 17.5 Å². The molecule has 10 heteroatoms. The van der Waals surface area contributed by atoms with Crippen molar-refractivity contribution in [3.63, 3.8) is 0 Å². The highest BCUT2D eigenvalue weighted by Gasteiger charge is 2.28. The minimum absolute atomic E-state index is 0.0538. The summed E-state index contributed by atoms with van der Waals surface area (Å²) in [6, 6.07) is 3.77. The number of nitrogens with one attached hydrogen (secondary N) is 1. The highest BCUT2D eigenvalue weighted by atomic mass is 35.5. The van der Waals surface area contributed by atoms with Gasteiger partial charge in [0, 0.05) is 43.3 Å². The minimum atomic E-state index is -0.656. The third-order valence-electron chi connectivity index (χ3n) is 4.62. The van der Waals surface area contributed by atoms with Gasteiger partial charge in [-0.3, -0.25) is 19.7 Å². The van der Waals surface area contributed by atoms with E-state index in [0.29, 0.717) is 29.9 Å². The third-order valence-corrected chi connectivity index (χ3v) is 4.94. The van der Waals surface area contributed by atoms with Crippen LogP contribution in [0.25, 0.3) is 0 Å². The second-order valence-corrected chi connectivity index (χ2v) is 7.24. The van der Waals surface area contributed by atoms with Gasteiger partial charge in [-0.2, -0.15) is 5.10 Å². The molecule has 1 aromatic heterocycles. The van der Waals surface area contributed by atoms with Gasteiger partial charge >= 0.3 is 0 Å². The molecule has 1 aromatic carbocycles. The largest absolute Gasteiger partial charge is 0.455 e. The number of furan rings is 1. The molecule has 0 saturated heterocycles. The highest BCUT2D eigenvalue weighted by Crippen LogP contribution is 2.30. The number of hydrazone groups is 1. The normalized spacial score (nSPS) is 14.4. The molecular formula is C19H19ClN4O5. The van der Waals surface area contributed by atoms with Crippen LogP contribution >= 0.6 is 11.6 Å². The third kappa shape index (κ3) is 4.00. The average Bonchev–Trinajstić information content (AvgIpc) is 3.02. The number of carbonyl (C=O) groups excluding carboxylic acids is 2. The molecular weight excluding hydrogens is 400 g/mol. The molecule has 0 bridgehead atoms. The van der Waals surface area contributed by atoms with E-state index in [-0.39, 0.29) is 27.9 Å². The number of aryl methyl sites for hydroxylation is 1. The Kier molecular flexibility index (Phi) is 5.69. The first-order chi connectivity index (χ1) is 13.7. The smallest absolute Gasteiger partial charge is 0.289 e. The van der Waals surface area contributed by atoms with Crippen LogP contribution < -0.4 is 5.43 Å². The molecule has 2 amide bonds. The van der Waals surface area contributed by atoms with Crippen molar-refractivity contribution < 1.29 is 18.9 Å². The number of hydrogen-bond donors (Lipinski definition) is 1. The zero-order valence-corrected chi connectivity index (χ0v) is 16.9. The zero-order chi connectivity index (χ0) is 21.3. The number of nitrogens with zero attached hydrogens (tertiary/aromatic N) is 3. The number of halogens is 1. The van der Waals surface area contributed by atoms with E-state index >= 15 is 0 Å². The molecule has 2 aromatic rings. The Hall–Kier alpha value is -3.20. The van der Waals surface area contributed by atoms with Crippen molar-refractivity contribution in [2.24, 2.45) is 5.10 Å².